The van der Waals surface area contributed by atoms with Crippen molar-refractivity contribution >= 4 is 33.3 Å². The Morgan fingerprint density at radius 2 is 1.87 bits per heavy atom. The van der Waals surface area contributed by atoms with Gasteiger partial charge in [0.2, 0.25) is 0 Å². The van der Waals surface area contributed by atoms with Gasteiger partial charge in [-0.1, -0.05) is 12.1 Å². The molecule has 2 heterocycles. The van der Waals surface area contributed by atoms with Gasteiger partial charge in [0, 0.05) is 4.88 Å². The summed E-state index contributed by atoms with van der Waals surface area (Å²) in [5, 5.41) is 3.92. The van der Waals surface area contributed by atoms with Crippen molar-refractivity contribution in [1.82, 2.24) is 9.97 Å². The van der Waals surface area contributed by atoms with Crippen molar-refractivity contribution in [2.75, 3.05) is 19.0 Å². The van der Waals surface area contributed by atoms with Gasteiger partial charge >= 0.3 is 0 Å². The smallest absolute Gasteiger partial charge is 0.262 e. The SMILES string of the molecule is COc1ccc(OCC(=O)Nc2sc3c(c2-c2nc4ccccc4[nH]2)CCCC3)cc1. The number of benzene rings is 2. The minimum Gasteiger partial charge on any atom is -0.497 e. The molecule has 4 aromatic rings. The summed E-state index contributed by atoms with van der Waals surface area (Å²) in [6.07, 6.45) is 4.40. The molecule has 0 aliphatic heterocycles. The number of carbonyl (C=O) groups is 1. The molecule has 0 saturated heterocycles. The van der Waals surface area contributed by atoms with E-state index in [1.165, 1.54) is 16.9 Å². The highest BCUT2D eigenvalue weighted by molar-refractivity contribution is 7.17. The fraction of sp³-hybridized carbons (Fsp3) is 0.250. The Bertz CT molecular complexity index is 1190. The number of fused-ring (bicyclic) bond motifs is 2. The zero-order valence-electron chi connectivity index (χ0n) is 17.2. The Labute approximate surface area is 184 Å². The maximum absolute atomic E-state index is 12.7. The Kier molecular flexibility index (Phi) is 5.34. The summed E-state index contributed by atoms with van der Waals surface area (Å²) in [6, 6.07) is 15.2. The highest BCUT2D eigenvalue weighted by Gasteiger charge is 2.25. The van der Waals surface area contributed by atoms with E-state index >= 15 is 0 Å². The van der Waals surface area contributed by atoms with Crippen LogP contribution in [-0.2, 0) is 17.6 Å². The van der Waals surface area contributed by atoms with Crippen LogP contribution in [0.1, 0.15) is 23.3 Å². The van der Waals surface area contributed by atoms with Crippen LogP contribution in [-0.4, -0.2) is 29.6 Å². The van der Waals surface area contributed by atoms with Gasteiger partial charge in [0.1, 0.15) is 22.3 Å². The average molecular weight is 434 g/mol. The number of aryl methyl sites for hydroxylation is 1. The van der Waals surface area contributed by atoms with Crippen LogP contribution in [0.25, 0.3) is 22.4 Å². The molecule has 2 N–H and O–H groups in total. The summed E-state index contributed by atoms with van der Waals surface area (Å²) in [4.78, 5) is 22.3. The number of hydrogen-bond acceptors (Lipinski definition) is 5. The van der Waals surface area contributed by atoms with E-state index in [1.807, 2.05) is 24.3 Å². The first-order valence-corrected chi connectivity index (χ1v) is 11.2. The minimum atomic E-state index is -0.188. The summed E-state index contributed by atoms with van der Waals surface area (Å²) >= 11 is 1.66. The topological polar surface area (TPSA) is 76.2 Å². The second kappa shape index (κ2) is 8.43. The van der Waals surface area contributed by atoms with Gasteiger partial charge in [0.15, 0.2) is 6.61 Å². The largest absolute Gasteiger partial charge is 0.497 e. The maximum Gasteiger partial charge on any atom is 0.262 e. The molecule has 1 aliphatic carbocycles. The zero-order valence-corrected chi connectivity index (χ0v) is 18.1. The molecule has 0 unspecified atom stereocenters. The molecule has 1 aliphatic rings. The van der Waals surface area contributed by atoms with Crippen LogP contribution >= 0.6 is 11.3 Å². The molecule has 6 nitrogen and oxygen atoms in total. The number of methoxy groups -OCH3 is 1. The van der Waals surface area contributed by atoms with Crippen molar-refractivity contribution in [3.8, 4) is 22.9 Å². The first kappa shape index (κ1) is 19.6. The van der Waals surface area contributed by atoms with Crippen LogP contribution in [0.15, 0.2) is 48.5 Å². The van der Waals surface area contributed by atoms with Gasteiger partial charge in [-0.05, 0) is 67.6 Å². The highest BCUT2D eigenvalue weighted by atomic mass is 32.1. The number of aromatic amines is 1. The number of aromatic nitrogens is 2. The van der Waals surface area contributed by atoms with Crippen molar-refractivity contribution in [3.05, 3.63) is 59.0 Å². The average Bonchev–Trinajstić information content (AvgIpc) is 3.38. The monoisotopic (exact) mass is 433 g/mol. The number of imidazole rings is 1. The fourth-order valence-corrected chi connectivity index (χ4v) is 5.27. The number of anilines is 1. The second-order valence-electron chi connectivity index (χ2n) is 7.53. The van der Waals surface area contributed by atoms with Gasteiger partial charge in [0.25, 0.3) is 5.91 Å². The lowest BCUT2D eigenvalue weighted by Gasteiger charge is -2.12. The Hall–Kier alpha value is -3.32. The maximum atomic E-state index is 12.7. The predicted octanol–water partition coefficient (Wildman–Crippen LogP) is 5.20. The van der Waals surface area contributed by atoms with Crippen molar-refractivity contribution in [2.45, 2.75) is 25.7 Å². The third kappa shape index (κ3) is 4.01. The normalized spacial score (nSPS) is 13.1. The third-order valence-corrected chi connectivity index (χ3v) is 6.69. The Balaban J connectivity index is 1.39. The molecule has 0 spiro atoms. The van der Waals surface area contributed by atoms with E-state index in [2.05, 4.69) is 10.3 Å². The van der Waals surface area contributed by atoms with Gasteiger partial charge in [-0.3, -0.25) is 4.79 Å². The summed E-state index contributed by atoms with van der Waals surface area (Å²) < 4.78 is 10.8. The number of H-pyrrole nitrogens is 1. The van der Waals surface area contributed by atoms with E-state index in [9.17, 15) is 4.79 Å². The van der Waals surface area contributed by atoms with Gasteiger partial charge in [0.05, 0.1) is 23.7 Å². The Morgan fingerprint density at radius 1 is 1.10 bits per heavy atom. The summed E-state index contributed by atoms with van der Waals surface area (Å²) in [5.74, 6) is 1.99. The van der Waals surface area contributed by atoms with Crippen LogP contribution in [0.2, 0.25) is 0 Å². The molecule has 2 aromatic carbocycles. The summed E-state index contributed by atoms with van der Waals surface area (Å²) in [6.45, 7) is -0.0610. The Morgan fingerprint density at radius 3 is 2.68 bits per heavy atom. The summed E-state index contributed by atoms with van der Waals surface area (Å²) in [7, 11) is 1.61. The zero-order chi connectivity index (χ0) is 21.2. The lowest BCUT2D eigenvalue weighted by molar-refractivity contribution is -0.118. The van der Waals surface area contributed by atoms with E-state index in [1.54, 1.807) is 42.7 Å². The first-order valence-electron chi connectivity index (χ1n) is 10.4. The number of para-hydroxylation sites is 2. The van der Waals surface area contributed by atoms with Crippen LogP contribution in [0.5, 0.6) is 11.5 Å². The van der Waals surface area contributed by atoms with Crippen molar-refractivity contribution in [3.63, 3.8) is 0 Å². The first-order chi connectivity index (χ1) is 15.2. The van der Waals surface area contributed by atoms with Crippen LogP contribution in [0, 0.1) is 0 Å². The molecular weight excluding hydrogens is 410 g/mol. The lowest BCUT2D eigenvalue weighted by Crippen LogP contribution is -2.20. The molecule has 2 aromatic heterocycles. The third-order valence-electron chi connectivity index (χ3n) is 5.48. The number of rotatable bonds is 6. The number of carbonyl (C=O) groups excluding carboxylic acids is 1. The van der Waals surface area contributed by atoms with Crippen LogP contribution in [0.4, 0.5) is 5.00 Å². The van der Waals surface area contributed by atoms with E-state index in [0.29, 0.717) is 5.75 Å². The quantitative estimate of drug-likeness (QED) is 0.438. The number of thiophene rings is 1. The predicted molar refractivity (Wildman–Crippen MR) is 123 cm³/mol. The van der Waals surface area contributed by atoms with E-state index in [0.717, 1.165) is 52.4 Å². The van der Waals surface area contributed by atoms with E-state index in [-0.39, 0.29) is 12.5 Å². The molecule has 158 valence electrons. The molecule has 31 heavy (non-hydrogen) atoms. The van der Waals surface area contributed by atoms with Gasteiger partial charge in [-0.25, -0.2) is 4.98 Å². The number of nitrogens with one attached hydrogen (secondary N) is 2. The molecule has 0 bridgehead atoms. The molecule has 1 amide bonds. The number of hydrogen-bond donors (Lipinski definition) is 2. The number of nitrogens with zero attached hydrogens (tertiary/aromatic N) is 1. The van der Waals surface area contributed by atoms with Crippen molar-refractivity contribution in [1.29, 1.82) is 0 Å². The fourth-order valence-electron chi connectivity index (χ4n) is 3.96. The van der Waals surface area contributed by atoms with Crippen molar-refractivity contribution < 1.29 is 14.3 Å². The molecule has 0 saturated carbocycles. The molecule has 7 heteroatoms. The van der Waals surface area contributed by atoms with Crippen molar-refractivity contribution in [2.24, 2.45) is 0 Å². The van der Waals surface area contributed by atoms with E-state index in [4.69, 9.17) is 14.5 Å². The van der Waals surface area contributed by atoms with Crippen LogP contribution < -0.4 is 14.8 Å². The van der Waals surface area contributed by atoms with Gasteiger partial charge < -0.3 is 19.8 Å². The van der Waals surface area contributed by atoms with Gasteiger partial charge in [-0.15, -0.1) is 11.3 Å². The molecule has 5 rings (SSSR count). The molecular formula is C24H23N3O3S. The van der Waals surface area contributed by atoms with Crippen LogP contribution in [0.3, 0.4) is 0 Å². The highest BCUT2D eigenvalue weighted by Crippen LogP contribution is 2.43. The lowest BCUT2D eigenvalue weighted by atomic mass is 9.95. The standard InChI is InChI=1S/C24H23N3O3S/c1-29-15-10-12-16(13-11-15)30-14-21(28)27-24-22(17-6-2-5-9-20(17)31-24)23-25-18-7-3-4-8-19(18)26-23/h3-4,7-8,10-13H,2,5-6,9,14H2,1H3,(H,25,26)(H,27,28). The number of ether oxygens (including phenoxy) is 2. The molecule has 0 fully saturated rings. The minimum absolute atomic E-state index is 0.0610. The van der Waals surface area contributed by atoms with Gasteiger partial charge in [-0.2, -0.15) is 0 Å². The second-order valence-corrected chi connectivity index (χ2v) is 8.64. The summed E-state index contributed by atoms with van der Waals surface area (Å²) in [5.41, 5.74) is 4.25. The molecule has 0 atom stereocenters. The molecule has 0 radical (unpaired) electrons. The number of amides is 1. The van der Waals surface area contributed by atoms with E-state index < -0.39 is 0 Å².